The minimum absolute atomic E-state index is 0.0704. The molecule has 1 amide bonds. The van der Waals surface area contributed by atoms with E-state index in [0.29, 0.717) is 24.5 Å². The summed E-state index contributed by atoms with van der Waals surface area (Å²) in [5.74, 6) is 1.21. The number of nitrogens with zero attached hydrogens (tertiary/aromatic N) is 1. The molecule has 5 heteroatoms. The zero-order valence-electron chi connectivity index (χ0n) is 13.3. The molecular formula is C19H17BrN2O2. The molecule has 0 unspecified atom stereocenters. The Bertz CT molecular complexity index is 844. The van der Waals surface area contributed by atoms with E-state index in [2.05, 4.69) is 26.2 Å². The lowest BCUT2D eigenvalue weighted by molar-refractivity contribution is -0.116. The van der Waals surface area contributed by atoms with Gasteiger partial charge in [0, 0.05) is 22.9 Å². The van der Waals surface area contributed by atoms with Gasteiger partial charge in [-0.3, -0.25) is 4.79 Å². The van der Waals surface area contributed by atoms with Crippen LogP contribution in [-0.2, 0) is 11.2 Å². The molecule has 0 atom stereocenters. The first-order valence-electron chi connectivity index (χ1n) is 7.68. The minimum Gasteiger partial charge on any atom is -0.441 e. The number of hydrogen-bond acceptors (Lipinski definition) is 3. The number of rotatable bonds is 5. The Labute approximate surface area is 149 Å². The molecule has 0 aliphatic rings. The number of amides is 1. The third kappa shape index (κ3) is 4.11. The summed E-state index contributed by atoms with van der Waals surface area (Å²) < 4.78 is 6.58. The highest BCUT2D eigenvalue weighted by Crippen LogP contribution is 2.24. The maximum atomic E-state index is 12.1. The van der Waals surface area contributed by atoms with Crippen LogP contribution < -0.4 is 5.32 Å². The number of aryl methyl sites for hydroxylation is 2. The molecule has 24 heavy (non-hydrogen) atoms. The molecule has 0 bridgehead atoms. The normalized spacial score (nSPS) is 10.6. The van der Waals surface area contributed by atoms with Gasteiger partial charge in [-0.1, -0.05) is 36.4 Å². The van der Waals surface area contributed by atoms with Crippen molar-refractivity contribution in [3.63, 3.8) is 0 Å². The summed E-state index contributed by atoms with van der Waals surface area (Å²) in [6.07, 6.45) is 2.47. The van der Waals surface area contributed by atoms with E-state index >= 15 is 0 Å². The number of carbonyl (C=O) groups is 1. The van der Waals surface area contributed by atoms with Crippen LogP contribution in [0.25, 0.3) is 11.3 Å². The molecule has 122 valence electrons. The van der Waals surface area contributed by atoms with Gasteiger partial charge in [0.25, 0.3) is 0 Å². The number of carbonyl (C=O) groups excluding carboxylic acids is 1. The summed E-state index contributed by atoms with van der Waals surface area (Å²) in [6.45, 7) is 2.00. The summed E-state index contributed by atoms with van der Waals surface area (Å²) in [7, 11) is 0. The number of aromatic nitrogens is 1. The van der Waals surface area contributed by atoms with Crippen LogP contribution in [0.5, 0.6) is 0 Å². The van der Waals surface area contributed by atoms with Gasteiger partial charge in [0.2, 0.25) is 5.91 Å². The lowest BCUT2D eigenvalue weighted by atomic mass is 10.2. The molecule has 0 fully saturated rings. The van der Waals surface area contributed by atoms with Gasteiger partial charge in [-0.25, -0.2) is 4.98 Å². The fourth-order valence-electron chi connectivity index (χ4n) is 2.32. The van der Waals surface area contributed by atoms with E-state index in [0.717, 1.165) is 21.3 Å². The second-order valence-corrected chi connectivity index (χ2v) is 6.37. The van der Waals surface area contributed by atoms with E-state index in [-0.39, 0.29) is 5.91 Å². The molecule has 2 aromatic carbocycles. The van der Waals surface area contributed by atoms with E-state index in [9.17, 15) is 4.79 Å². The van der Waals surface area contributed by atoms with Crippen LogP contribution >= 0.6 is 15.9 Å². The SMILES string of the molecule is Cc1ccc(NC(=O)CCc2ncc(-c3ccccc3)o2)c(Br)c1. The molecule has 0 spiro atoms. The number of anilines is 1. The van der Waals surface area contributed by atoms with Gasteiger partial charge in [0.05, 0.1) is 11.9 Å². The topological polar surface area (TPSA) is 55.1 Å². The first kappa shape index (κ1) is 16.5. The lowest BCUT2D eigenvalue weighted by Crippen LogP contribution is -2.12. The third-order valence-corrected chi connectivity index (χ3v) is 4.23. The highest BCUT2D eigenvalue weighted by molar-refractivity contribution is 9.10. The average molecular weight is 385 g/mol. The van der Waals surface area contributed by atoms with Gasteiger partial charge in [0.1, 0.15) is 0 Å². The number of nitrogens with one attached hydrogen (secondary N) is 1. The second-order valence-electron chi connectivity index (χ2n) is 5.52. The summed E-state index contributed by atoms with van der Waals surface area (Å²) >= 11 is 3.46. The Balaban J connectivity index is 1.58. The van der Waals surface area contributed by atoms with E-state index in [1.54, 1.807) is 6.20 Å². The van der Waals surface area contributed by atoms with Crippen molar-refractivity contribution in [2.75, 3.05) is 5.32 Å². The van der Waals surface area contributed by atoms with Crippen LogP contribution in [0.1, 0.15) is 17.9 Å². The molecule has 3 aromatic rings. The van der Waals surface area contributed by atoms with Crippen LogP contribution in [0.2, 0.25) is 0 Å². The van der Waals surface area contributed by atoms with E-state index in [4.69, 9.17) is 4.42 Å². The Morgan fingerprint density at radius 2 is 2.00 bits per heavy atom. The largest absolute Gasteiger partial charge is 0.441 e. The van der Waals surface area contributed by atoms with Crippen LogP contribution in [-0.4, -0.2) is 10.9 Å². The summed E-state index contributed by atoms with van der Waals surface area (Å²) in [4.78, 5) is 16.3. The van der Waals surface area contributed by atoms with Gasteiger partial charge in [0.15, 0.2) is 11.7 Å². The van der Waals surface area contributed by atoms with Crippen molar-refractivity contribution in [1.29, 1.82) is 0 Å². The van der Waals surface area contributed by atoms with Crippen LogP contribution in [0.4, 0.5) is 5.69 Å². The molecule has 0 saturated heterocycles. The van der Waals surface area contributed by atoms with Crippen LogP contribution in [0.3, 0.4) is 0 Å². The maximum Gasteiger partial charge on any atom is 0.224 e. The quantitative estimate of drug-likeness (QED) is 0.674. The van der Waals surface area contributed by atoms with Crippen molar-refractivity contribution in [2.45, 2.75) is 19.8 Å². The summed E-state index contributed by atoms with van der Waals surface area (Å²) in [6, 6.07) is 15.6. The molecule has 0 saturated carbocycles. The van der Waals surface area contributed by atoms with Crippen molar-refractivity contribution in [2.24, 2.45) is 0 Å². The van der Waals surface area contributed by atoms with Crippen molar-refractivity contribution < 1.29 is 9.21 Å². The molecule has 0 aliphatic heterocycles. The van der Waals surface area contributed by atoms with E-state index in [1.165, 1.54) is 0 Å². The Hall–Kier alpha value is -2.40. The van der Waals surface area contributed by atoms with Gasteiger partial charge in [-0.15, -0.1) is 0 Å². The Morgan fingerprint density at radius 1 is 1.21 bits per heavy atom. The fraction of sp³-hybridized carbons (Fsp3) is 0.158. The van der Waals surface area contributed by atoms with Crippen molar-refractivity contribution in [1.82, 2.24) is 4.98 Å². The standard InChI is InChI=1S/C19H17BrN2O2/c1-13-7-8-16(15(20)11-13)22-18(23)9-10-19-21-12-17(24-19)14-5-3-2-4-6-14/h2-8,11-12H,9-10H2,1H3,(H,22,23). The summed E-state index contributed by atoms with van der Waals surface area (Å²) in [5.41, 5.74) is 2.88. The monoisotopic (exact) mass is 384 g/mol. The predicted octanol–water partition coefficient (Wildman–Crippen LogP) is 4.98. The average Bonchev–Trinajstić information content (AvgIpc) is 3.05. The molecule has 0 radical (unpaired) electrons. The number of hydrogen-bond donors (Lipinski definition) is 1. The number of benzene rings is 2. The Morgan fingerprint density at radius 3 is 2.75 bits per heavy atom. The van der Waals surface area contributed by atoms with E-state index in [1.807, 2.05) is 55.5 Å². The number of oxazole rings is 1. The molecule has 4 nitrogen and oxygen atoms in total. The molecular weight excluding hydrogens is 368 g/mol. The van der Waals surface area contributed by atoms with Crippen molar-refractivity contribution in [3.8, 4) is 11.3 Å². The van der Waals surface area contributed by atoms with Crippen LogP contribution in [0, 0.1) is 6.92 Å². The molecule has 1 N–H and O–H groups in total. The molecule has 1 aromatic heterocycles. The number of halogens is 1. The van der Waals surface area contributed by atoms with Crippen molar-refractivity contribution >= 4 is 27.5 Å². The zero-order valence-corrected chi connectivity index (χ0v) is 14.8. The van der Waals surface area contributed by atoms with Crippen molar-refractivity contribution in [3.05, 3.63) is 70.7 Å². The van der Waals surface area contributed by atoms with Gasteiger partial charge < -0.3 is 9.73 Å². The van der Waals surface area contributed by atoms with Gasteiger partial charge >= 0.3 is 0 Å². The third-order valence-electron chi connectivity index (χ3n) is 3.58. The van der Waals surface area contributed by atoms with Gasteiger partial charge in [-0.05, 0) is 40.5 Å². The van der Waals surface area contributed by atoms with E-state index < -0.39 is 0 Å². The Kier molecular flexibility index (Phi) is 5.11. The molecule has 0 aliphatic carbocycles. The lowest BCUT2D eigenvalue weighted by Gasteiger charge is -2.07. The first-order valence-corrected chi connectivity index (χ1v) is 8.47. The maximum absolute atomic E-state index is 12.1. The summed E-state index contributed by atoms with van der Waals surface area (Å²) in [5, 5.41) is 2.89. The fourth-order valence-corrected chi connectivity index (χ4v) is 2.91. The van der Waals surface area contributed by atoms with Gasteiger partial charge in [-0.2, -0.15) is 0 Å². The smallest absolute Gasteiger partial charge is 0.224 e. The van der Waals surface area contributed by atoms with Crippen LogP contribution in [0.15, 0.2) is 63.6 Å². The molecule has 3 rings (SSSR count). The zero-order chi connectivity index (χ0) is 16.9. The second kappa shape index (κ2) is 7.45. The minimum atomic E-state index is -0.0704. The molecule has 1 heterocycles. The first-order chi connectivity index (χ1) is 11.6. The highest BCUT2D eigenvalue weighted by Gasteiger charge is 2.10. The highest BCUT2D eigenvalue weighted by atomic mass is 79.9. The predicted molar refractivity (Wildman–Crippen MR) is 97.8 cm³/mol.